The van der Waals surface area contributed by atoms with Gasteiger partial charge in [-0.1, -0.05) is 6.92 Å². The van der Waals surface area contributed by atoms with Crippen LogP contribution in [0.3, 0.4) is 0 Å². The summed E-state index contributed by atoms with van der Waals surface area (Å²) >= 11 is 1.89. The van der Waals surface area contributed by atoms with Gasteiger partial charge in [-0.05, 0) is 24.1 Å². The van der Waals surface area contributed by atoms with Crippen molar-refractivity contribution in [3.05, 3.63) is 22.8 Å². The summed E-state index contributed by atoms with van der Waals surface area (Å²) in [5, 5.41) is 0.405. The van der Waals surface area contributed by atoms with E-state index in [0.717, 1.165) is 22.8 Å². The Morgan fingerprint density at radius 1 is 1.35 bits per heavy atom. The van der Waals surface area contributed by atoms with Crippen LogP contribution in [0.2, 0.25) is 0 Å². The second kappa shape index (κ2) is 4.78. The normalized spacial score (nSPS) is 23.1. The summed E-state index contributed by atoms with van der Waals surface area (Å²) in [4.78, 5) is 0. The molecule has 1 aliphatic heterocycles. The first-order valence-electron chi connectivity index (χ1n) is 5.71. The number of rotatable bonds is 2. The zero-order valence-corrected chi connectivity index (χ0v) is 11.6. The minimum absolute atomic E-state index is 0.00694. The largest absolute Gasteiger partial charge is 0.493 e. The number of aryl methyl sites for hydroxylation is 1. The Kier molecular flexibility index (Phi) is 3.54. The number of hydrogen-bond acceptors (Lipinski definition) is 4. The minimum atomic E-state index is 0.00694. The monoisotopic (exact) mass is 253 g/mol. The van der Waals surface area contributed by atoms with E-state index in [9.17, 15) is 0 Å². The lowest BCUT2D eigenvalue weighted by Gasteiger charge is -2.31. The van der Waals surface area contributed by atoms with Gasteiger partial charge in [0, 0.05) is 22.6 Å². The lowest BCUT2D eigenvalue weighted by molar-refractivity contribution is 0.348. The Morgan fingerprint density at radius 3 is 2.65 bits per heavy atom. The van der Waals surface area contributed by atoms with E-state index >= 15 is 0 Å². The van der Waals surface area contributed by atoms with Crippen molar-refractivity contribution in [3.8, 4) is 11.5 Å². The third kappa shape index (κ3) is 2.00. The van der Waals surface area contributed by atoms with E-state index in [-0.39, 0.29) is 6.04 Å². The molecule has 3 nitrogen and oxygen atoms in total. The molecule has 0 fully saturated rings. The van der Waals surface area contributed by atoms with Crippen LogP contribution >= 0.6 is 11.8 Å². The highest BCUT2D eigenvalue weighted by Crippen LogP contribution is 2.46. The Hall–Kier alpha value is -0.870. The summed E-state index contributed by atoms with van der Waals surface area (Å²) in [7, 11) is 3.34. The average molecular weight is 253 g/mol. The number of thioether (sulfide) groups is 1. The Labute approximate surface area is 107 Å². The average Bonchev–Trinajstić information content (AvgIpc) is 2.33. The van der Waals surface area contributed by atoms with Crippen LogP contribution in [0.1, 0.15) is 29.7 Å². The molecule has 1 aliphatic rings. The molecule has 0 aromatic heterocycles. The maximum absolute atomic E-state index is 6.30. The van der Waals surface area contributed by atoms with E-state index < -0.39 is 0 Å². The van der Waals surface area contributed by atoms with E-state index in [1.54, 1.807) is 14.2 Å². The highest BCUT2D eigenvalue weighted by atomic mass is 32.2. The van der Waals surface area contributed by atoms with Crippen molar-refractivity contribution >= 4 is 11.8 Å². The van der Waals surface area contributed by atoms with Gasteiger partial charge in [0.15, 0.2) is 11.5 Å². The van der Waals surface area contributed by atoms with Gasteiger partial charge >= 0.3 is 0 Å². The van der Waals surface area contributed by atoms with Crippen LogP contribution in [0.25, 0.3) is 0 Å². The van der Waals surface area contributed by atoms with Gasteiger partial charge in [0.1, 0.15) is 0 Å². The molecule has 0 aliphatic carbocycles. The molecule has 0 saturated heterocycles. The predicted octanol–water partition coefficient (Wildman–Crippen LogP) is 2.65. The molecule has 2 atom stereocenters. The first-order valence-corrected chi connectivity index (χ1v) is 6.76. The summed E-state index contributed by atoms with van der Waals surface area (Å²) in [5.41, 5.74) is 9.96. The Morgan fingerprint density at radius 2 is 2.06 bits per heavy atom. The van der Waals surface area contributed by atoms with E-state index in [2.05, 4.69) is 13.8 Å². The fourth-order valence-corrected chi connectivity index (χ4v) is 3.45. The highest BCUT2D eigenvalue weighted by molar-refractivity contribution is 7.99. The third-order valence-electron chi connectivity index (χ3n) is 3.37. The fourth-order valence-electron chi connectivity index (χ4n) is 2.29. The fraction of sp³-hybridized carbons (Fsp3) is 0.538. The molecule has 4 heteroatoms. The Balaban J connectivity index is 2.66. The van der Waals surface area contributed by atoms with E-state index in [1.807, 2.05) is 17.8 Å². The number of fused-ring (bicyclic) bond motifs is 1. The van der Waals surface area contributed by atoms with E-state index in [4.69, 9.17) is 15.2 Å². The van der Waals surface area contributed by atoms with Crippen molar-refractivity contribution < 1.29 is 9.47 Å². The summed E-state index contributed by atoms with van der Waals surface area (Å²) in [5.74, 6) is 2.57. The van der Waals surface area contributed by atoms with Gasteiger partial charge in [-0.15, -0.1) is 0 Å². The summed E-state index contributed by atoms with van der Waals surface area (Å²) in [6.45, 7) is 4.26. The van der Waals surface area contributed by atoms with Crippen molar-refractivity contribution in [2.24, 2.45) is 5.73 Å². The van der Waals surface area contributed by atoms with Gasteiger partial charge in [0.25, 0.3) is 0 Å². The smallest absolute Gasteiger partial charge is 0.165 e. The summed E-state index contributed by atoms with van der Waals surface area (Å²) in [6, 6.07) is 2.04. The van der Waals surface area contributed by atoms with Crippen LogP contribution in [0.4, 0.5) is 0 Å². The van der Waals surface area contributed by atoms with Crippen molar-refractivity contribution in [3.63, 3.8) is 0 Å². The standard InChI is InChI=1S/C13H19NO2S/c1-7-5-10(15-3)13(16-4)11-9(7)6-17-8(2)12(11)14/h5,8,12H,6,14H2,1-4H3. The SMILES string of the molecule is COc1cc(C)c2c(c1OC)C(N)C(C)SC2. The van der Waals surface area contributed by atoms with Gasteiger partial charge in [0.2, 0.25) is 0 Å². The molecule has 0 bridgehead atoms. The van der Waals surface area contributed by atoms with Crippen LogP contribution < -0.4 is 15.2 Å². The molecule has 94 valence electrons. The molecule has 2 N–H and O–H groups in total. The molecule has 1 aromatic carbocycles. The van der Waals surface area contributed by atoms with Crippen molar-refractivity contribution in [2.45, 2.75) is 30.9 Å². The van der Waals surface area contributed by atoms with Crippen molar-refractivity contribution in [2.75, 3.05) is 14.2 Å². The first kappa shape index (κ1) is 12.6. The third-order valence-corrected chi connectivity index (χ3v) is 4.65. The number of benzene rings is 1. The molecule has 2 unspecified atom stereocenters. The highest BCUT2D eigenvalue weighted by Gasteiger charge is 2.30. The molecule has 1 heterocycles. The van der Waals surface area contributed by atoms with Gasteiger partial charge in [-0.3, -0.25) is 0 Å². The molecular weight excluding hydrogens is 234 g/mol. The predicted molar refractivity (Wildman–Crippen MR) is 72.0 cm³/mol. The molecule has 17 heavy (non-hydrogen) atoms. The molecule has 0 radical (unpaired) electrons. The van der Waals surface area contributed by atoms with Crippen LogP contribution in [-0.2, 0) is 5.75 Å². The zero-order valence-electron chi connectivity index (χ0n) is 10.7. The molecule has 0 spiro atoms. The van der Waals surface area contributed by atoms with Crippen molar-refractivity contribution in [1.82, 2.24) is 0 Å². The number of nitrogens with two attached hydrogens (primary N) is 1. The molecule has 2 rings (SSSR count). The lowest BCUT2D eigenvalue weighted by Crippen LogP contribution is -2.27. The van der Waals surface area contributed by atoms with Gasteiger partial charge in [-0.2, -0.15) is 11.8 Å². The van der Waals surface area contributed by atoms with Crippen LogP contribution in [0.15, 0.2) is 6.07 Å². The first-order chi connectivity index (χ1) is 8.10. The number of ether oxygens (including phenoxy) is 2. The lowest BCUT2D eigenvalue weighted by atomic mass is 9.94. The van der Waals surface area contributed by atoms with Gasteiger partial charge in [-0.25, -0.2) is 0 Å². The quantitative estimate of drug-likeness (QED) is 0.880. The van der Waals surface area contributed by atoms with Crippen molar-refractivity contribution in [1.29, 1.82) is 0 Å². The zero-order chi connectivity index (χ0) is 12.6. The van der Waals surface area contributed by atoms with E-state index in [0.29, 0.717) is 5.25 Å². The molecular formula is C13H19NO2S. The summed E-state index contributed by atoms with van der Waals surface area (Å²) < 4.78 is 10.9. The van der Waals surface area contributed by atoms with Crippen LogP contribution in [-0.4, -0.2) is 19.5 Å². The Bertz CT molecular complexity index is 434. The van der Waals surface area contributed by atoms with E-state index in [1.165, 1.54) is 11.1 Å². The maximum atomic E-state index is 6.30. The maximum Gasteiger partial charge on any atom is 0.165 e. The second-order valence-corrected chi connectivity index (χ2v) is 5.73. The number of methoxy groups -OCH3 is 2. The van der Waals surface area contributed by atoms with Gasteiger partial charge < -0.3 is 15.2 Å². The molecule has 1 aromatic rings. The topological polar surface area (TPSA) is 44.5 Å². The van der Waals surface area contributed by atoms with Crippen LogP contribution in [0, 0.1) is 6.92 Å². The van der Waals surface area contributed by atoms with Crippen LogP contribution in [0.5, 0.6) is 11.5 Å². The minimum Gasteiger partial charge on any atom is -0.493 e. The second-order valence-electron chi connectivity index (χ2n) is 4.36. The molecule has 0 amide bonds. The summed E-state index contributed by atoms with van der Waals surface area (Å²) in [6.07, 6.45) is 0. The molecule has 0 saturated carbocycles. The van der Waals surface area contributed by atoms with Gasteiger partial charge in [0.05, 0.1) is 14.2 Å². The number of hydrogen-bond donors (Lipinski definition) is 1.